The first-order valence-corrected chi connectivity index (χ1v) is 9.02. The molecule has 1 saturated carbocycles. The summed E-state index contributed by atoms with van der Waals surface area (Å²) in [5.41, 5.74) is -1.34. The quantitative estimate of drug-likeness (QED) is 0.562. The molecule has 1 aliphatic rings. The summed E-state index contributed by atoms with van der Waals surface area (Å²) in [4.78, 5) is 34.8. The lowest BCUT2D eigenvalue weighted by molar-refractivity contribution is -0.384. The van der Waals surface area contributed by atoms with Crippen LogP contribution in [0.5, 0.6) is 0 Å². The summed E-state index contributed by atoms with van der Waals surface area (Å²) < 4.78 is 5.23. The maximum Gasteiger partial charge on any atom is 0.407 e. The Morgan fingerprint density at radius 1 is 1.30 bits per heavy atom. The van der Waals surface area contributed by atoms with Gasteiger partial charge < -0.3 is 15.4 Å². The molecule has 2 rings (SSSR count). The number of non-ortho nitro benzene ring substituents is 1. The van der Waals surface area contributed by atoms with E-state index >= 15 is 0 Å². The molecule has 0 radical (unpaired) electrons. The molecule has 2 amide bonds. The number of nitrogens with one attached hydrogen (secondary N) is 2. The molecule has 1 aliphatic carbocycles. The molecule has 0 saturated heterocycles. The van der Waals surface area contributed by atoms with Crippen molar-refractivity contribution in [3.63, 3.8) is 0 Å². The first-order chi connectivity index (χ1) is 12.4. The molecule has 1 fully saturated rings. The number of halogens is 1. The van der Waals surface area contributed by atoms with Gasteiger partial charge in [0.1, 0.15) is 5.60 Å². The molecule has 1 aromatic carbocycles. The fraction of sp³-hybridized carbons (Fsp3) is 0.556. The third-order valence-electron chi connectivity index (χ3n) is 4.28. The van der Waals surface area contributed by atoms with Crippen molar-refractivity contribution in [1.82, 2.24) is 10.6 Å². The van der Waals surface area contributed by atoms with Crippen LogP contribution < -0.4 is 10.6 Å². The van der Waals surface area contributed by atoms with Gasteiger partial charge in [-0.2, -0.15) is 0 Å². The summed E-state index contributed by atoms with van der Waals surface area (Å²) in [5, 5.41) is 16.4. The number of benzene rings is 1. The van der Waals surface area contributed by atoms with E-state index in [9.17, 15) is 19.7 Å². The number of carbonyl (C=O) groups excluding carboxylic acids is 2. The lowest BCUT2D eigenvalue weighted by atomic mass is 9.95. The number of nitrogens with zero attached hydrogens (tertiary/aromatic N) is 1. The van der Waals surface area contributed by atoms with Gasteiger partial charge in [0.05, 0.1) is 21.0 Å². The molecule has 1 aromatic rings. The van der Waals surface area contributed by atoms with E-state index in [2.05, 4.69) is 10.6 Å². The zero-order valence-electron chi connectivity index (χ0n) is 15.8. The van der Waals surface area contributed by atoms with Crippen molar-refractivity contribution in [3.05, 3.63) is 38.9 Å². The van der Waals surface area contributed by atoms with E-state index in [0.29, 0.717) is 0 Å². The van der Waals surface area contributed by atoms with Gasteiger partial charge in [0.2, 0.25) is 0 Å². The van der Waals surface area contributed by atoms with E-state index in [4.69, 9.17) is 16.3 Å². The highest BCUT2D eigenvalue weighted by Gasteiger charge is 2.43. The maximum absolute atomic E-state index is 12.7. The summed E-state index contributed by atoms with van der Waals surface area (Å²) in [5.74, 6) is -0.233. The summed E-state index contributed by atoms with van der Waals surface area (Å²) in [6.07, 6.45) is 1.30. The van der Waals surface area contributed by atoms with E-state index in [-0.39, 0.29) is 28.7 Å². The van der Waals surface area contributed by atoms with Crippen molar-refractivity contribution in [2.24, 2.45) is 5.92 Å². The lowest BCUT2D eigenvalue weighted by Gasteiger charge is -2.32. The Balaban J connectivity index is 2.08. The molecule has 1 unspecified atom stereocenters. The summed E-state index contributed by atoms with van der Waals surface area (Å²) >= 11 is 6.04. The molecular weight excluding hydrogens is 374 g/mol. The number of hydrogen-bond donors (Lipinski definition) is 2. The van der Waals surface area contributed by atoms with Crippen molar-refractivity contribution in [2.45, 2.75) is 51.7 Å². The molecule has 27 heavy (non-hydrogen) atoms. The highest BCUT2D eigenvalue weighted by molar-refractivity contribution is 6.34. The van der Waals surface area contributed by atoms with Crippen molar-refractivity contribution in [1.29, 1.82) is 0 Å². The normalized spacial score (nSPS) is 16.2. The van der Waals surface area contributed by atoms with Gasteiger partial charge in [-0.25, -0.2) is 4.79 Å². The second-order valence-corrected chi connectivity index (χ2v) is 8.33. The fourth-order valence-electron chi connectivity index (χ4n) is 2.71. The molecule has 9 heteroatoms. The second kappa shape index (κ2) is 7.72. The van der Waals surface area contributed by atoms with Crippen LogP contribution in [-0.4, -0.2) is 34.6 Å². The first-order valence-electron chi connectivity index (χ1n) is 8.64. The van der Waals surface area contributed by atoms with Crippen molar-refractivity contribution in [3.8, 4) is 0 Å². The monoisotopic (exact) mass is 397 g/mol. The van der Waals surface area contributed by atoms with Crippen LogP contribution in [0.4, 0.5) is 10.5 Å². The van der Waals surface area contributed by atoms with Crippen LogP contribution in [0.3, 0.4) is 0 Å². The molecule has 0 aromatic heterocycles. The minimum absolute atomic E-state index is 0.0000478. The maximum atomic E-state index is 12.7. The standard InChI is InChI=1S/C18H24ClN3O5/c1-17(2,3)27-16(24)20-10-18(4,11-5-6-11)21-15(23)13-8-7-12(22(25)26)9-14(13)19/h7-9,11H,5-6,10H2,1-4H3,(H,20,24)(H,21,23). The first kappa shape index (κ1) is 21.0. The Bertz CT molecular complexity index is 758. The third-order valence-corrected chi connectivity index (χ3v) is 4.60. The van der Waals surface area contributed by atoms with Gasteiger partial charge in [-0.15, -0.1) is 0 Å². The average molecular weight is 398 g/mol. The Kier molecular flexibility index (Phi) is 5.99. The lowest BCUT2D eigenvalue weighted by Crippen LogP contribution is -2.55. The molecule has 0 bridgehead atoms. The smallest absolute Gasteiger partial charge is 0.407 e. The fourth-order valence-corrected chi connectivity index (χ4v) is 2.97. The highest BCUT2D eigenvalue weighted by Crippen LogP contribution is 2.39. The number of hydrogen-bond acceptors (Lipinski definition) is 5. The number of nitro benzene ring substituents is 1. The molecule has 0 spiro atoms. The van der Waals surface area contributed by atoms with Gasteiger partial charge >= 0.3 is 6.09 Å². The Hall–Kier alpha value is -2.35. The van der Waals surface area contributed by atoms with Gasteiger partial charge in [0.25, 0.3) is 11.6 Å². The highest BCUT2D eigenvalue weighted by atomic mass is 35.5. The Labute approximate surface area is 162 Å². The van der Waals surface area contributed by atoms with Crippen molar-refractivity contribution in [2.75, 3.05) is 6.54 Å². The van der Waals surface area contributed by atoms with E-state index in [0.717, 1.165) is 18.9 Å². The summed E-state index contributed by atoms with van der Waals surface area (Å²) in [6.45, 7) is 7.35. The molecule has 148 valence electrons. The SMILES string of the molecule is CC(C)(C)OC(=O)NCC(C)(NC(=O)c1ccc([N+](=O)[O-])cc1Cl)C1CC1. The molecule has 0 aliphatic heterocycles. The third kappa shape index (κ3) is 5.82. The summed E-state index contributed by atoms with van der Waals surface area (Å²) in [6, 6.07) is 3.70. The minimum atomic E-state index is -0.681. The van der Waals surface area contributed by atoms with Crippen LogP contribution in [0.1, 0.15) is 50.9 Å². The van der Waals surface area contributed by atoms with Crippen molar-refractivity contribution < 1.29 is 19.2 Å². The summed E-state index contributed by atoms with van der Waals surface area (Å²) in [7, 11) is 0. The number of carbonyl (C=O) groups is 2. The predicted octanol–water partition coefficient (Wildman–Crippen LogP) is 3.67. The number of amides is 2. The van der Waals surface area contributed by atoms with E-state index in [1.54, 1.807) is 20.8 Å². The average Bonchev–Trinajstić information content (AvgIpc) is 3.36. The molecular formula is C18H24ClN3O5. The van der Waals surface area contributed by atoms with Crippen LogP contribution in [0.2, 0.25) is 5.02 Å². The van der Waals surface area contributed by atoms with Crippen LogP contribution in [-0.2, 0) is 4.74 Å². The van der Waals surface area contributed by atoms with E-state index in [1.807, 2.05) is 6.92 Å². The molecule has 8 nitrogen and oxygen atoms in total. The van der Waals surface area contributed by atoms with Gasteiger partial charge in [-0.3, -0.25) is 14.9 Å². The number of rotatable bonds is 6. The molecule has 0 heterocycles. The van der Waals surface area contributed by atoms with E-state index < -0.39 is 28.1 Å². The van der Waals surface area contributed by atoms with Gasteiger partial charge in [-0.05, 0) is 52.5 Å². The van der Waals surface area contributed by atoms with Gasteiger partial charge in [0.15, 0.2) is 0 Å². The van der Waals surface area contributed by atoms with Crippen LogP contribution >= 0.6 is 11.6 Å². The number of ether oxygens (including phenoxy) is 1. The molecule has 1 atom stereocenters. The van der Waals surface area contributed by atoms with Gasteiger partial charge in [-0.1, -0.05) is 11.6 Å². The van der Waals surface area contributed by atoms with Crippen molar-refractivity contribution >= 4 is 29.3 Å². The number of nitro groups is 1. The Morgan fingerprint density at radius 3 is 2.41 bits per heavy atom. The van der Waals surface area contributed by atoms with Gasteiger partial charge in [0, 0.05) is 18.7 Å². The minimum Gasteiger partial charge on any atom is -0.444 e. The second-order valence-electron chi connectivity index (χ2n) is 7.92. The van der Waals surface area contributed by atoms with Crippen LogP contribution in [0, 0.1) is 16.0 Å². The Morgan fingerprint density at radius 2 is 1.93 bits per heavy atom. The topological polar surface area (TPSA) is 111 Å². The molecule has 2 N–H and O–H groups in total. The zero-order valence-corrected chi connectivity index (χ0v) is 16.6. The largest absolute Gasteiger partial charge is 0.444 e. The predicted molar refractivity (Wildman–Crippen MR) is 101 cm³/mol. The van der Waals surface area contributed by atoms with Crippen LogP contribution in [0.25, 0.3) is 0 Å². The number of alkyl carbamates (subject to hydrolysis) is 1. The van der Waals surface area contributed by atoms with Crippen LogP contribution in [0.15, 0.2) is 18.2 Å². The van der Waals surface area contributed by atoms with E-state index in [1.165, 1.54) is 12.1 Å². The zero-order chi connectivity index (χ0) is 20.4.